The molecule has 18 heavy (non-hydrogen) atoms. The number of nitrogens with zero attached hydrogens (tertiary/aromatic N) is 2. The Hall–Kier alpha value is -1.60. The minimum atomic E-state index is -1.05. The fourth-order valence-electron chi connectivity index (χ4n) is 1.20. The first kappa shape index (κ1) is 14.5. The smallest absolute Gasteiger partial charge is 0.287 e. The molecule has 1 amide bonds. The number of anilines is 1. The monoisotopic (exact) mass is 274 g/mol. The van der Waals surface area contributed by atoms with Gasteiger partial charge in [0.05, 0.1) is 25.0 Å². The highest BCUT2D eigenvalue weighted by Crippen LogP contribution is 2.20. The number of rotatable bonds is 5. The summed E-state index contributed by atoms with van der Waals surface area (Å²) in [6.45, 7) is 2.96. The van der Waals surface area contributed by atoms with Crippen molar-refractivity contribution in [1.29, 1.82) is 0 Å². The second-order valence-corrected chi connectivity index (χ2v) is 4.62. The van der Waals surface area contributed by atoms with Gasteiger partial charge in [-0.2, -0.15) is 5.10 Å². The van der Waals surface area contributed by atoms with Gasteiger partial charge in [0.15, 0.2) is 0 Å². The fourth-order valence-corrected chi connectivity index (χ4v) is 1.40. The Morgan fingerprint density at radius 2 is 2.28 bits per heavy atom. The molecule has 4 N–H and O–H groups in total. The zero-order chi connectivity index (χ0) is 13.9. The first-order valence-electron chi connectivity index (χ1n) is 5.24. The molecular formula is C10H15ClN4O3. The van der Waals surface area contributed by atoms with E-state index in [-0.39, 0.29) is 23.9 Å². The first-order chi connectivity index (χ1) is 8.29. The van der Waals surface area contributed by atoms with Gasteiger partial charge in [-0.25, -0.2) is 4.68 Å². The van der Waals surface area contributed by atoms with E-state index in [9.17, 15) is 9.59 Å². The van der Waals surface area contributed by atoms with Crippen molar-refractivity contribution in [3.63, 3.8) is 0 Å². The second kappa shape index (κ2) is 5.36. The molecule has 0 unspecified atom stereocenters. The highest BCUT2D eigenvalue weighted by Gasteiger charge is 2.26. The van der Waals surface area contributed by atoms with Gasteiger partial charge in [-0.05, 0) is 13.8 Å². The van der Waals surface area contributed by atoms with Crippen molar-refractivity contribution in [2.75, 3.05) is 11.9 Å². The molecule has 0 radical (unpaired) electrons. The van der Waals surface area contributed by atoms with E-state index in [1.165, 1.54) is 6.20 Å². The lowest BCUT2D eigenvalue weighted by Crippen LogP contribution is -2.45. The van der Waals surface area contributed by atoms with Crippen LogP contribution in [0.3, 0.4) is 0 Å². The lowest BCUT2D eigenvalue weighted by Gasteiger charge is -2.24. The Kier molecular flexibility index (Phi) is 4.31. The summed E-state index contributed by atoms with van der Waals surface area (Å²) >= 11 is 5.88. The lowest BCUT2D eigenvalue weighted by molar-refractivity contribution is -0.121. The maximum absolute atomic E-state index is 11.7. The zero-order valence-electron chi connectivity index (χ0n) is 10.1. The number of hydrogen-bond acceptors (Lipinski definition) is 5. The maximum Gasteiger partial charge on any atom is 0.287 e. The molecule has 1 rings (SSSR count). The number of primary amides is 1. The summed E-state index contributed by atoms with van der Waals surface area (Å²) < 4.78 is 1.03. The lowest BCUT2D eigenvalue weighted by atomic mass is 10.1. The molecule has 0 aliphatic rings. The van der Waals surface area contributed by atoms with Crippen molar-refractivity contribution in [2.45, 2.75) is 25.9 Å². The van der Waals surface area contributed by atoms with Crippen LogP contribution < -0.4 is 16.6 Å². The van der Waals surface area contributed by atoms with Crippen LogP contribution in [0.1, 0.15) is 13.8 Å². The van der Waals surface area contributed by atoms with E-state index < -0.39 is 17.0 Å². The number of carbonyl (C=O) groups excluding carboxylic acids is 1. The molecule has 0 saturated carbocycles. The number of amides is 1. The van der Waals surface area contributed by atoms with E-state index in [4.69, 9.17) is 22.4 Å². The number of aliphatic hydroxyl groups is 1. The predicted molar refractivity (Wildman–Crippen MR) is 67.5 cm³/mol. The number of halogens is 1. The number of carbonyl (C=O) groups is 1. The van der Waals surface area contributed by atoms with Crippen LogP contribution in [0, 0.1) is 0 Å². The molecule has 100 valence electrons. The van der Waals surface area contributed by atoms with Gasteiger partial charge in [0, 0.05) is 0 Å². The summed E-state index contributed by atoms with van der Waals surface area (Å²) in [4.78, 5) is 22.9. The number of hydrogen-bond donors (Lipinski definition) is 3. The number of nitrogens with two attached hydrogens (primary N) is 1. The normalized spacial score (nSPS) is 11.3. The topological polar surface area (TPSA) is 110 Å². The van der Waals surface area contributed by atoms with Crippen LogP contribution in [0.25, 0.3) is 0 Å². The molecule has 0 bridgehead atoms. The number of aliphatic hydroxyl groups excluding tert-OH is 1. The van der Waals surface area contributed by atoms with Gasteiger partial charge in [-0.3, -0.25) is 9.59 Å². The zero-order valence-corrected chi connectivity index (χ0v) is 10.9. The Balaban J connectivity index is 3.10. The van der Waals surface area contributed by atoms with Crippen molar-refractivity contribution in [1.82, 2.24) is 9.78 Å². The molecule has 1 heterocycles. The minimum absolute atomic E-state index is 0.0536. The third-order valence-corrected chi connectivity index (χ3v) is 2.73. The predicted octanol–water partition coefficient (Wildman–Crippen LogP) is -0.435. The van der Waals surface area contributed by atoms with E-state index in [2.05, 4.69) is 10.4 Å². The molecule has 8 heteroatoms. The van der Waals surface area contributed by atoms with Crippen molar-refractivity contribution < 1.29 is 9.90 Å². The summed E-state index contributed by atoms with van der Waals surface area (Å²) in [7, 11) is 0. The first-order valence-corrected chi connectivity index (χ1v) is 5.62. The van der Waals surface area contributed by atoms with Crippen LogP contribution in [0.4, 0.5) is 5.69 Å². The standard InChI is InChI=1S/C10H15ClN4O3/c1-10(2,9(12)18)14-6-5-13-15(3-4-16)8(17)7(6)11/h5,14,16H,3-4H2,1-2H3,(H2,12,18). The van der Waals surface area contributed by atoms with Gasteiger partial charge in [-0.1, -0.05) is 11.6 Å². The van der Waals surface area contributed by atoms with Crippen LogP contribution in [-0.2, 0) is 11.3 Å². The minimum Gasteiger partial charge on any atom is -0.394 e. The van der Waals surface area contributed by atoms with Gasteiger partial charge in [0.25, 0.3) is 5.56 Å². The highest BCUT2D eigenvalue weighted by atomic mass is 35.5. The van der Waals surface area contributed by atoms with E-state index in [0.717, 1.165) is 4.68 Å². The van der Waals surface area contributed by atoms with Gasteiger partial charge in [0.2, 0.25) is 5.91 Å². The van der Waals surface area contributed by atoms with Crippen LogP contribution >= 0.6 is 11.6 Å². The molecule has 0 aliphatic heterocycles. The fraction of sp³-hybridized carbons (Fsp3) is 0.500. The van der Waals surface area contributed by atoms with E-state index in [0.29, 0.717) is 0 Å². The largest absolute Gasteiger partial charge is 0.394 e. The van der Waals surface area contributed by atoms with Gasteiger partial charge in [-0.15, -0.1) is 0 Å². The third kappa shape index (κ3) is 2.99. The summed E-state index contributed by atoms with van der Waals surface area (Å²) in [5.74, 6) is -0.585. The average molecular weight is 275 g/mol. The number of aromatic nitrogens is 2. The van der Waals surface area contributed by atoms with E-state index >= 15 is 0 Å². The van der Waals surface area contributed by atoms with Crippen molar-refractivity contribution in [3.05, 3.63) is 21.6 Å². The molecule has 0 aliphatic carbocycles. The Labute approximate surface area is 109 Å². The van der Waals surface area contributed by atoms with Crippen molar-refractivity contribution in [3.8, 4) is 0 Å². The molecule has 0 saturated heterocycles. The third-order valence-electron chi connectivity index (χ3n) is 2.36. The van der Waals surface area contributed by atoms with Crippen LogP contribution in [0.2, 0.25) is 5.02 Å². The Morgan fingerprint density at radius 3 is 2.78 bits per heavy atom. The molecule has 1 aromatic heterocycles. The van der Waals surface area contributed by atoms with Crippen LogP contribution in [0.15, 0.2) is 11.0 Å². The van der Waals surface area contributed by atoms with Crippen molar-refractivity contribution >= 4 is 23.2 Å². The summed E-state index contributed by atoms with van der Waals surface area (Å²) in [6.07, 6.45) is 1.31. The van der Waals surface area contributed by atoms with Gasteiger partial charge >= 0.3 is 0 Å². The number of nitrogens with one attached hydrogen (secondary N) is 1. The molecular weight excluding hydrogens is 260 g/mol. The van der Waals surface area contributed by atoms with Crippen molar-refractivity contribution in [2.24, 2.45) is 5.73 Å². The quantitative estimate of drug-likeness (QED) is 0.674. The molecule has 7 nitrogen and oxygen atoms in total. The van der Waals surface area contributed by atoms with Crippen LogP contribution in [0.5, 0.6) is 0 Å². The molecule has 0 spiro atoms. The highest BCUT2D eigenvalue weighted by molar-refractivity contribution is 6.33. The molecule has 0 fully saturated rings. The summed E-state index contributed by atoms with van der Waals surface area (Å²) in [5.41, 5.74) is 3.82. The summed E-state index contributed by atoms with van der Waals surface area (Å²) in [5, 5.41) is 15.2. The van der Waals surface area contributed by atoms with Gasteiger partial charge < -0.3 is 16.2 Å². The molecule has 0 aromatic carbocycles. The van der Waals surface area contributed by atoms with Gasteiger partial charge in [0.1, 0.15) is 10.6 Å². The average Bonchev–Trinajstić information content (AvgIpc) is 2.28. The van der Waals surface area contributed by atoms with Crippen LogP contribution in [-0.4, -0.2) is 32.9 Å². The second-order valence-electron chi connectivity index (χ2n) is 4.24. The summed E-state index contributed by atoms with van der Waals surface area (Å²) in [6, 6.07) is 0. The Morgan fingerprint density at radius 1 is 1.67 bits per heavy atom. The Bertz CT molecular complexity index is 512. The SMILES string of the molecule is CC(C)(Nc1cnn(CCO)c(=O)c1Cl)C(N)=O. The van der Waals surface area contributed by atoms with E-state index in [1.807, 2.05) is 0 Å². The molecule has 1 aromatic rings. The maximum atomic E-state index is 11.7. The molecule has 0 atom stereocenters. The van der Waals surface area contributed by atoms with E-state index in [1.54, 1.807) is 13.8 Å².